The highest BCUT2D eigenvalue weighted by Crippen LogP contribution is 2.37. The molecule has 0 radical (unpaired) electrons. The average Bonchev–Trinajstić information content (AvgIpc) is 2.33. The van der Waals surface area contributed by atoms with Gasteiger partial charge in [-0.05, 0) is 47.1 Å². The van der Waals surface area contributed by atoms with Gasteiger partial charge in [0.25, 0.3) is 0 Å². The van der Waals surface area contributed by atoms with Gasteiger partial charge in [0.05, 0.1) is 19.8 Å². The number of carbonyl (C=O) groups is 1. The molecule has 0 bridgehead atoms. The molecule has 0 aliphatic carbocycles. The first-order chi connectivity index (χ1) is 8.67. The molecular formula is C13H16BrNO3. The van der Waals surface area contributed by atoms with E-state index in [1.54, 1.807) is 26.4 Å². The summed E-state index contributed by atoms with van der Waals surface area (Å²) in [7, 11) is 3.14. The van der Waals surface area contributed by atoms with Crippen molar-refractivity contribution >= 4 is 21.7 Å². The van der Waals surface area contributed by atoms with E-state index in [2.05, 4.69) is 21.2 Å². The van der Waals surface area contributed by atoms with Crippen LogP contribution in [0.1, 0.15) is 16.8 Å². The largest absolute Gasteiger partial charge is 0.495 e. The summed E-state index contributed by atoms with van der Waals surface area (Å²) in [6, 6.07) is 3.54. The minimum atomic E-state index is 0.113. The zero-order chi connectivity index (χ0) is 13.1. The molecule has 1 heterocycles. The highest BCUT2D eigenvalue weighted by Gasteiger charge is 2.24. The Morgan fingerprint density at radius 1 is 1.39 bits per heavy atom. The summed E-state index contributed by atoms with van der Waals surface area (Å²) in [5, 5.41) is 3.16. The maximum Gasteiger partial charge on any atom is 0.167 e. The topological polar surface area (TPSA) is 47.6 Å². The molecule has 0 unspecified atom stereocenters. The Labute approximate surface area is 115 Å². The Balaban J connectivity index is 2.25. The third kappa shape index (κ3) is 2.52. The fourth-order valence-electron chi connectivity index (χ4n) is 1.98. The third-order valence-electron chi connectivity index (χ3n) is 3.13. The lowest BCUT2D eigenvalue weighted by Crippen LogP contribution is -2.42. The summed E-state index contributed by atoms with van der Waals surface area (Å²) in [5.41, 5.74) is 0.608. The molecule has 0 amide bonds. The number of nitrogens with one attached hydrogen (secondary N) is 1. The fraction of sp³-hybridized carbons (Fsp3) is 0.462. The van der Waals surface area contributed by atoms with Crippen LogP contribution in [0.25, 0.3) is 0 Å². The minimum absolute atomic E-state index is 0.113. The number of hydrogen-bond donors (Lipinski definition) is 1. The maximum atomic E-state index is 12.2. The van der Waals surface area contributed by atoms with Crippen molar-refractivity contribution in [1.82, 2.24) is 5.32 Å². The molecule has 5 heteroatoms. The number of ether oxygens (including phenoxy) is 2. The molecule has 18 heavy (non-hydrogen) atoms. The molecule has 0 aromatic heterocycles. The van der Waals surface area contributed by atoms with Crippen LogP contribution >= 0.6 is 15.9 Å². The molecule has 1 saturated heterocycles. The highest BCUT2D eigenvalue weighted by molar-refractivity contribution is 9.10. The number of carbonyl (C=O) groups excluding carboxylic acids is 1. The molecule has 0 spiro atoms. The van der Waals surface area contributed by atoms with Gasteiger partial charge in [0.1, 0.15) is 16.0 Å². The van der Waals surface area contributed by atoms with Gasteiger partial charge in [0, 0.05) is 6.42 Å². The van der Waals surface area contributed by atoms with Crippen molar-refractivity contribution in [2.24, 2.45) is 5.92 Å². The van der Waals surface area contributed by atoms with Crippen LogP contribution in [-0.2, 0) is 0 Å². The van der Waals surface area contributed by atoms with E-state index in [-0.39, 0.29) is 5.78 Å². The van der Waals surface area contributed by atoms with Crippen molar-refractivity contribution in [3.8, 4) is 11.5 Å². The SMILES string of the molecule is COc1ccc(C(=O)CC2CNC2)c(OC)c1Br. The second-order valence-corrected chi connectivity index (χ2v) is 5.11. The number of halogens is 1. The van der Waals surface area contributed by atoms with Gasteiger partial charge in [-0.25, -0.2) is 0 Å². The van der Waals surface area contributed by atoms with Crippen molar-refractivity contribution in [2.75, 3.05) is 27.3 Å². The first-order valence-corrected chi connectivity index (χ1v) is 6.61. The predicted octanol–water partition coefficient (Wildman–Crippen LogP) is 2.26. The zero-order valence-corrected chi connectivity index (χ0v) is 12.0. The Morgan fingerprint density at radius 2 is 2.11 bits per heavy atom. The first kappa shape index (κ1) is 13.4. The van der Waals surface area contributed by atoms with Crippen molar-refractivity contribution in [3.05, 3.63) is 22.2 Å². The van der Waals surface area contributed by atoms with Crippen molar-refractivity contribution < 1.29 is 14.3 Å². The normalized spacial score (nSPS) is 15.1. The molecule has 98 valence electrons. The van der Waals surface area contributed by atoms with Crippen LogP contribution in [0.15, 0.2) is 16.6 Å². The van der Waals surface area contributed by atoms with Gasteiger partial charge in [-0.3, -0.25) is 4.79 Å². The van der Waals surface area contributed by atoms with E-state index < -0.39 is 0 Å². The van der Waals surface area contributed by atoms with Crippen LogP contribution in [0.5, 0.6) is 11.5 Å². The van der Waals surface area contributed by atoms with Gasteiger partial charge in [-0.1, -0.05) is 0 Å². The van der Waals surface area contributed by atoms with Crippen molar-refractivity contribution in [2.45, 2.75) is 6.42 Å². The summed E-state index contributed by atoms with van der Waals surface area (Å²) in [5.74, 6) is 1.77. The lowest BCUT2D eigenvalue weighted by molar-refractivity contribution is 0.0942. The predicted molar refractivity (Wildman–Crippen MR) is 72.6 cm³/mol. The van der Waals surface area contributed by atoms with Crippen LogP contribution in [0.2, 0.25) is 0 Å². The number of benzene rings is 1. The summed E-state index contributed by atoms with van der Waals surface area (Å²) in [4.78, 5) is 12.2. The van der Waals surface area contributed by atoms with E-state index >= 15 is 0 Å². The zero-order valence-electron chi connectivity index (χ0n) is 10.5. The summed E-state index contributed by atoms with van der Waals surface area (Å²) in [6.45, 7) is 1.84. The smallest absolute Gasteiger partial charge is 0.167 e. The molecule has 1 aliphatic heterocycles. The molecule has 1 N–H and O–H groups in total. The number of hydrogen-bond acceptors (Lipinski definition) is 4. The molecule has 0 atom stereocenters. The van der Waals surface area contributed by atoms with E-state index in [1.807, 2.05) is 0 Å². The molecule has 1 aromatic carbocycles. The first-order valence-electron chi connectivity index (χ1n) is 5.81. The standard InChI is InChI=1S/C13H16BrNO3/c1-17-11-4-3-9(13(18-2)12(11)14)10(16)5-8-6-15-7-8/h3-4,8,15H,5-7H2,1-2H3. The number of ketones is 1. The van der Waals surface area contributed by atoms with E-state index in [4.69, 9.17) is 9.47 Å². The van der Waals surface area contributed by atoms with Gasteiger partial charge >= 0.3 is 0 Å². The van der Waals surface area contributed by atoms with Crippen molar-refractivity contribution in [1.29, 1.82) is 0 Å². The van der Waals surface area contributed by atoms with E-state index in [9.17, 15) is 4.79 Å². The maximum absolute atomic E-state index is 12.2. The van der Waals surface area contributed by atoms with Gasteiger partial charge in [-0.2, -0.15) is 0 Å². The molecular weight excluding hydrogens is 298 g/mol. The number of Topliss-reactive ketones (excluding diaryl/α,β-unsaturated/α-hetero) is 1. The van der Waals surface area contributed by atoms with E-state index in [0.717, 1.165) is 13.1 Å². The molecule has 1 aliphatic rings. The molecule has 4 nitrogen and oxygen atoms in total. The minimum Gasteiger partial charge on any atom is -0.495 e. The summed E-state index contributed by atoms with van der Waals surface area (Å²) < 4.78 is 11.2. The number of rotatable bonds is 5. The average molecular weight is 314 g/mol. The Bertz CT molecular complexity index is 458. The highest BCUT2D eigenvalue weighted by atomic mass is 79.9. The third-order valence-corrected chi connectivity index (χ3v) is 3.88. The van der Waals surface area contributed by atoms with Gasteiger partial charge in [0.15, 0.2) is 5.78 Å². The van der Waals surface area contributed by atoms with E-state index in [1.165, 1.54) is 0 Å². The molecule has 0 saturated carbocycles. The molecule has 1 fully saturated rings. The van der Waals surface area contributed by atoms with Crippen LogP contribution in [0.3, 0.4) is 0 Å². The molecule has 1 aromatic rings. The molecule has 2 rings (SSSR count). The second-order valence-electron chi connectivity index (χ2n) is 4.31. The lowest BCUT2D eigenvalue weighted by atomic mass is 9.93. The Hall–Kier alpha value is -1.07. The quantitative estimate of drug-likeness (QED) is 0.847. The van der Waals surface area contributed by atoms with Crippen LogP contribution in [0.4, 0.5) is 0 Å². The second kappa shape index (κ2) is 5.71. The van der Waals surface area contributed by atoms with E-state index in [0.29, 0.717) is 33.9 Å². The van der Waals surface area contributed by atoms with Crippen LogP contribution < -0.4 is 14.8 Å². The lowest BCUT2D eigenvalue weighted by Gasteiger charge is -2.26. The van der Waals surface area contributed by atoms with Gasteiger partial charge in [0.2, 0.25) is 0 Å². The Morgan fingerprint density at radius 3 is 2.61 bits per heavy atom. The Kier molecular flexibility index (Phi) is 4.24. The summed E-state index contributed by atoms with van der Waals surface area (Å²) in [6.07, 6.45) is 0.558. The summed E-state index contributed by atoms with van der Waals surface area (Å²) >= 11 is 3.40. The van der Waals surface area contributed by atoms with Crippen LogP contribution in [-0.4, -0.2) is 33.1 Å². The van der Waals surface area contributed by atoms with Gasteiger partial charge < -0.3 is 14.8 Å². The van der Waals surface area contributed by atoms with Crippen molar-refractivity contribution in [3.63, 3.8) is 0 Å². The number of methoxy groups -OCH3 is 2. The fourth-order valence-corrected chi connectivity index (χ4v) is 2.65. The van der Waals surface area contributed by atoms with Crippen LogP contribution in [0, 0.1) is 5.92 Å². The van der Waals surface area contributed by atoms with Gasteiger partial charge in [-0.15, -0.1) is 0 Å². The monoisotopic (exact) mass is 313 g/mol.